The molecule has 0 radical (unpaired) electrons. The number of amides is 2. The number of benzene rings is 1. The third-order valence-corrected chi connectivity index (χ3v) is 7.15. The number of carbonyl (C=O) groups is 2. The molecule has 1 aromatic rings. The van der Waals surface area contributed by atoms with Gasteiger partial charge in [0, 0.05) is 25.0 Å². The van der Waals surface area contributed by atoms with Gasteiger partial charge < -0.3 is 19.8 Å². The molecule has 3 N–H and O–H groups in total. The number of carboxylic acid groups (broad SMARTS) is 1. The Labute approximate surface area is 187 Å². The second-order valence-electron chi connectivity index (χ2n) is 9.04. The summed E-state index contributed by atoms with van der Waals surface area (Å²) in [5.74, 6) is -0.500. The topological polar surface area (TPSA) is 102 Å². The summed E-state index contributed by atoms with van der Waals surface area (Å²) in [6.45, 7) is 3.59. The fraction of sp³-hybridized carbons (Fsp3) is 0.652. The summed E-state index contributed by atoms with van der Waals surface area (Å²) < 4.78 is 20.1. The van der Waals surface area contributed by atoms with Crippen LogP contribution < -0.4 is 10.2 Å². The molecular weight excluding hydrogens is 417 g/mol. The van der Waals surface area contributed by atoms with Crippen LogP contribution in [0.4, 0.5) is 25.4 Å². The Bertz CT molecular complexity index is 840. The number of nitrogens with one attached hydrogen (secondary N) is 1. The van der Waals surface area contributed by atoms with Gasteiger partial charge >= 0.3 is 12.2 Å². The number of carbonyl (C=O) groups excluding carboxylic acids is 1. The molecule has 3 aliphatic rings. The van der Waals surface area contributed by atoms with Crippen LogP contribution in [0.2, 0.25) is 0 Å². The lowest BCUT2D eigenvalue weighted by Gasteiger charge is -2.48. The van der Waals surface area contributed by atoms with Crippen molar-refractivity contribution in [2.75, 3.05) is 29.9 Å². The first-order chi connectivity index (χ1) is 15.4. The Kier molecular flexibility index (Phi) is 6.74. The highest BCUT2D eigenvalue weighted by atomic mass is 19.1. The monoisotopic (exact) mass is 449 g/mol. The predicted molar refractivity (Wildman–Crippen MR) is 118 cm³/mol. The highest BCUT2D eigenvalue weighted by Crippen LogP contribution is 2.46. The Morgan fingerprint density at radius 1 is 1.22 bits per heavy atom. The van der Waals surface area contributed by atoms with Crippen molar-refractivity contribution in [2.45, 2.75) is 63.4 Å². The molecular formula is C23H32FN3O5. The van der Waals surface area contributed by atoms with E-state index in [0.29, 0.717) is 31.7 Å². The van der Waals surface area contributed by atoms with Crippen molar-refractivity contribution in [3.8, 4) is 0 Å². The lowest BCUT2D eigenvalue weighted by atomic mass is 9.74. The van der Waals surface area contributed by atoms with Gasteiger partial charge in [0.05, 0.1) is 30.1 Å². The molecule has 0 saturated carbocycles. The van der Waals surface area contributed by atoms with Gasteiger partial charge in [0.25, 0.3) is 0 Å². The Morgan fingerprint density at radius 3 is 2.72 bits per heavy atom. The molecule has 32 heavy (non-hydrogen) atoms. The number of hydrogen-bond acceptors (Lipinski definition) is 5. The molecule has 3 heterocycles. The average Bonchev–Trinajstić information content (AvgIpc) is 3.17. The van der Waals surface area contributed by atoms with Crippen molar-refractivity contribution in [1.82, 2.24) is 4.90 Å². The average molecular weight is 450 g/mol. The molecule has 3 fully saturated rings. The number of piperidine rings is 2. The molecule has 2 amide bonds. The second kappa shape index (κ2) is 9.52. The van der Waals surface area contributed by atoms with Gasteiger partial charge in [-0.2, -0.15) is 0 Å². The molecule has 0 spiro atoms. The van der Waals surface area contributed by atoms with Crippen LogP contribution in [0.15, 0.2) is 24.3 Å². The lowest BCUT2D eigenvalue weighted by molar-refractivity contribution is -0.0872. The smallest absolute Gasteiger partial charge is 0.411 e. The van der Waals surface area contributed by atoms with Crippen LogP contribution in [0, 0.1) is 11.8 Å². The SMILES string of the molecule is CCCOC(=O)Nc1ccccc1N1CCCC(C2C(O)C(F)C3CCC2N3C(=O)O)C1. The van der Waals surface area contributed by atoms with E-state index in [1.165, 1.54) is 4.90 Å². The summed E-state index contributed by atoms with van der Waals surface area (Å²) in [5, 5.41) is 23.3. The Balaban J connectivity index is 1.53. The molecule has 6 atom stereocenters. The zero-order valence-electron chi connectivity index (χ0n) is 18.3. The third kappa shape index (κ3) is 4.22. The number of alkyl halides is 1. The number of aliphatic hydroxyl groups is 1. The van der Waals surface area contributed by atoms with Gasteiger partial charge in [0.2, 0.25) is 0 Å². The van der Waals surface area contributed by atoms with Gasteiger partial charge in [-0.25, -0.2) is 14.0 Å². The summed E-state index contributed by atoms with van der Waals surface area (Å²) >= 11 is 0. The summed E-state index contributed by atoms with van der Waals surface area (Å²) in [4.78, 5) is 27.3. The molecule has 2 bridgehead atoms. The van der Waals surface area contributed by atoms with E-state index in [9.17, 15) is 24.2 Å². The molecule has 3 saturated heterocycles. The molecule has 0 aromatic heterocycles. The number of nitrogens with zero attached hydrogens (tertiary/aromatic N) is 2. The number of fused-ring (bicyclic) bond motifs is 2. The van der Waals surface area contributed by atoms with E-state index in [1.807, 2.05) is 31.2 Å². The molecule has 176 valence electrons. The van der Waals surface area contributed by atoms with Crippen LogP contribution in [0.5, 0.6) is 0 Å². The van der Waals surface area contributed by atoms with Crippen molar-refractivity contribution < 1.29 is 28.9 Å². The second-order valence-corrected chi connectivity index (χ2v) is 9.04. The van der Waals surface area contributed by atoms with Crippen LogP contribution >= 0.6 is 0 Å². The summed E-state index contributed by atoms with van der Waals surface area (Å²) in [7, 11) is 0. The zero-order chi connectivity index (χ0) is 22.8. The molecule has 0 aliphatic carbocycles. The minimum Gasteiger partial charge on any atom is -0.465 e. The number of anilines is 2. The van der Waals surface area contributed by atoms with Crippen molar-refractivity contribution in [1.29, 1.82) is 0 Å². The third-order valence-electron chi connectivity index (χ3n) is 7.15. The highest BCUT2D eigenvalue weighted by Gasteiger charge is 2.57. The van der Waals surface area contributed by atoms with Gasteiger partial charge in [-0.1, -0.05) is 19.1 Å². The molecule has 9 heteroatoms. The van der Waals surface area contributed by atoms with Crippen LogP contribution in [-0.2, 0) is 4.74 Å². The van der Waals surface area contributed by atoms with Crippen LogP contribution in [0.25, 0.3) is 0 Å². The fourth-order valence-electron chi connectivity index (χ4n) is 5.84. The normalized spacial score (nSPS) is 32.0. The number of halogens is 1. The molecule has 3 aliphatic heterocycles. The lowest BCUT2D eigenvalue weighted by Crippen LogP contribution is -2.62. The van der Waals surface area contributed by atoms with Gasteiger partial charge in [-0.3, -0.25) is 10.2 Å². The minimum absolute atomic E-state index is 0.0528. The summed E-state index contributed by atoms with van der Waals surface area (Å²) in [6.07, 6.45) is -0.938. The first-order valence-electron chi connectivity index (χ1n) is 11.5. The van der Waals surface area contributed by atoms with E-state index < -0.39 is 36.4 Å². The first-order valence-corrected chi connectivity index (χ1v) is 11.5. The standard InChI is InChI=1S/C23H32FN3O5/c1-2-12-32-22(29)25-15-7-3-4-8-16(15)26-11-5-6-14(13-26)19-17-9-10-18(20(24)21(19)28)27(17)23(30)31/h3-4,7-8,14,17-21,28H,2,5-6,9-13H2,1H3,(H,25,29)(H,30,31). The number of aliphatic hydroxyl groups excluding tert-OH is 1. The molecule has 4 rings (SSSR count). The van der Waals surface area contributed by atoms with Gasteiger partial charge in [-0.05, 0) is 50.2 Å². The van der Waals surface area contributed by atoms with E-state index in [0.717, 1.165) is 31.5 Å². The van der Waals surface area contributed by atoms with Crippen LogP contribution in [0.3, 0.4) is 0 Å². The maximum atomic E-state index is 15.0. The first kappa shape index (κ1) is 22.6. The van der Waals surface area contributed by atoms with E-state index in [1.54, 1.807) is 0 Å². The van der Waals surface area contributed by atoms with Crippen molar-refractivity contribution in [3.05, 3.63) is 24.3 Å². The van der Waals surface area contributed by atoms with E-state index in [-0.39, 0.29) is 12.0 Å². The molecule has 1 aromatic carbocycles. The minimum atomic E-state index is -1.56. The molecule has 6 unspecified atom stereocenters. The Morgan fingerprint density at radius 2 is 1.97 bits per heavy atom. The quantitative estimate of drug-likeness (QED) is 0.634. The van der Waals surface area contributed by atoms with Crippen molar-refractivity contribution in [3.63, 3.8) is 0 Å². The Hall–Kier alpha value is -2.55. The maximum Gasteiger partial charge on any atom is 0.411 e. The van der Waals surface area contributed by atoms with Crippen molar-refractivity contribution in [2.24, 2.45) is 11.8 Å². The number of para-hydroxylation sites is 2. The summed E-state index contributed by atoms with van der Waals surface area (Å²) in [5.41, 5.74) is 1.47. The number of hydrogen-bond donors (Lipinski definition) is 3. The van der Waals surface area contributed by atoms with Crippen LogP contribution in [0.1, 0.15) is 39.0 Å². The van der Waals surface area contributed by atoms with Gasteiger partial charge in [0.1, 0.15) is 6.17 Å². The fourth-order valence-corrected chi connectivity index (χ4v) is 5.84. The van der Waals surface area contributed by atoms with E-state index in [4.69, 9.17) is 4.74 Å². The highest BCUT2D eigenvalue weighted by molar-refractivity contribution is 5.89. The van der Waals surface area contributed by atoms with Crippen molar-refractivity contribution >= 4 is 23.6 Å². The maximum absolute atomic E-state index is 15.0. The number of ether oxygens (including phenoxy) is 1. The summed E-state index contributed by atoms with van der Waals surface area (Å²) in [6, 6.07) is 6.35. The van der Waals surface area contributed by atoms with Gasteiger partial charge in [-0.15, -0.1) is 0 Å². The number of rotatable bonds is 5. The molecule has 8 nitrogen and oxygen atoms in total. The predicted octanol–water partition coefficient (Wildman–Crippen LogP) is 3.70. The van der Waals surface area contributed by atoms with Gasteiger partial charge in [0.15, 0.2) is 0 Å². The van der Waals surface area contributed by atoms with E-state index >= 15 is 0 Å². The van der Waals surface area contributed by atoms with Crippen LogP contribution in [-0.4, -0.2) is 71.4 Å². The largest absolute Gasteiger partial charge is 0.465 e. The zero-order valence-corrected chi connectivity index (χ0v) is 18.3. The van der Waals surface area contributed by atoms with E-state index in [2.05, 4.69) is 10.2 Å².